The van der Waals surface area contributed by atoms with Gasteiger partial charge in [-0.2, -0.15) is 0 Å². The average molecular weight is 190 g/mol. The van der Waals surface area contributed by atoms with E-state index in [0.29, 0.717) is 11.5 Å². The average Bonchev–Trinajstić information content (AvgIpc) is 2.68. The monoisotopic (exact) mass is 190 g/mol. The molecule has 2 aromatic rings. The molecule has 0 aliphatic heterocycles. The van der Waals surface area contributed by atoms with E-state index in [1.54, 1.807) is 25.4 Å². The number of aliphatic hydroxyl groups excluding tert-OH is 1. The summed E-state index contributed by atoms with van der Waals surface area (Å²) in [5.41, 5.74) is 1.57. The van der Waals surface area contributed by atoms with Gasteiger partial charge in [-0.25, -0.2) is 0 Å². The first kappa shape index (κ1) is 8.90. The largest absolute Gasteiger partial charge is 0.385 e. The van der Waals surface area contributed by atoms with Crippen LogP contribution in [0.25, 0.3) is 11.3 Å². The van der Waals surface area contributed by atoms with Gasteiger partial charge in [0.15, 0.2) is 5.76 Å². The molecular weight excluding hydrogens is 180 g/mol. The van der Waals surface area contributed by atoms with Crippen molar-refractivity contribution in [3.63, 3.8) is 0 Å². The van der Waals surface area contributed by atoms with E-state index in [1.807, 2.05) is 12.1 Å². The van der Waals surface area contributed by atoms with Gasteiger partial charge in [-0.3, -0.25) is 4.98 Å². The SMILES string of the molecule is CC(O)c1cc(-c2cccnc2)no1. The Morgan fingerprint density at radius 3 is 2.93 bits per heavy atom. The lowest BCUT2D eigenvalue weighted by atomic mass is 10.2. The van der Waals surface area contributed by atoms with Gasteiger partial charge in [0, 0.05) is 24.0 Å². The van der Waals surface area contributed by atoms with Crippen LogP contribution >= 0.6 is 0 Å². The molecule has 2 aromatic heterocycles. The molecule has 14 heavy (non-hydrogen) atoms. The minimum absolute atomic E-state index is 0.462. The van der Waals surface area contributed by atoms with E-state index in [9.17, 15) is 5.11 Å². The summed E-state index contributed by atoms with van der Waals surface area (Å²) < 4.78 is 4.95. The maximum absolute atomic E-state index is 9.23. The van der Waals surface area contributed by atoms with Crippen molar-refractivity contribution >= 4 is 0 Å². The van der Waals surface area contributed by atoms with E-state index in [1.165, 1.54) is 0 Å². The quantitative estimate of drug-likeness (QED) is 0.784. The zero-order valence-electron chi connectivity index (χ0n) is 7.71. The van der Waals surface area contributed by atoms with Gasteiger partial charge in [0.25, 0.3) is 0 Å². The maximum atomic E-state index is 9.23. The summed E-state index contributed by atoms with van der Waals surface area (Å²) >= 11 is 0. The molecule has 0 aliphatic rings. The molecule has 0 bridgehead atoms. The van der Waals surface area contributed by atoms with Gasteiger partial charge in [0.1, 0.15) is 11.8 Å². The highest BCUT2D eigenvalue weighted by molar-refractivity contribution is 5.57. The van der Waals surface area contributed by atoms with Gasteiger partial charge < -0.3 is 9.63 Å². The minimum atomic E-state index is -0.632. The molecule has 0 spiro atoms. The van der Waals surface area contributed by atoms with Crippen molar-refractivity contribution in [2.24, 2.45) is 0 Å². The lowest BCUT2D eigenvalue weighted by Gasteiger charge is -1.93. The molecule has 1 atom stereocenters. The molecular formula is C10H10N2O2. The van der Waals surface area contributed by atoms with E-state index >= 15 is 0 Å². The molecule has 0 radical (unpaired) electrons. The molecule has 0 amide bonds. The highest BCUT2D eigenvalue weighted by Crippen LogP contribution is 2.21. The summed E-state index contributed by atoms with van der Waals surface area (Å²) in [4.78, 5) is 3.97. The predicted octanol–water partition coefficient (Wildman–Crippen LogP) is 1.79. The van der Waals surface area contributed by atoms with Gasteiger partial charge in [0.2, 0.25) is 0 Å². The van der Waals surface area contributed by atoms with E-state index in [4.69, 9.17) is 4.52 Å². The van der Waals surface area contributed by atoms with Crippen molar-refractivity contribution in [3.05, 3.63) is 36.4 Å². The summed E-state index contributed by atoms with van der Waals surface area (Å²) in [5.74, 6) is 0.462. The summed E-state index contributed by atoms with van der Waals surface area (Å²) in [6.45, 7) is 1.63. The van der Waals surface area contributed by atoms with Crippen molar-refractivity contribution in [3.8, 4) is 11.3 Å². The number of nitrogens with zero attached hydrogens (tertiary/aromatic N) is 2. The molecule has 0 aliphatic carbocycles. The Kier molecular flexibility index (Phi) is 2.28. The molecule has 0 saturated carbocycles. The summed E-state index contributed by atoms with van der Waals surface area (Å²) in [6, 6.07) is 5.42. The molecule has 1 N–H and O–H groups in total. The van der Waals surface area contributed by atoms with Gasteiger partial charge >= 0.3 is 0 Å². The van der Waals surface area contributed by atoms with Crippen LogP contribution in [0.4, 0.5) is 0 Å². The lowest BCUT2D eigenvalue weighted by Crippen LogP contribution is -1.85. The molecule has 1 unspecified atom stereocenters. The molecule has 2 rings (SSSR count). The van der Waals surface area contributed by atoms with Crippen LogP contribution in [0.1, 0.15) is 18.8 Å². The third kappa shape index (κ3) is 1.65. The Morgan fingerprint density at radius 2 is 2.36 bits per heavy atom. The Morgan fingerprint density at radius 1 is 1.50 bits per heavy atom. The number of aromatic nitrogens is 2. The molecule has 2 heterocycles. The van der Waals surface area contributed by atoms with Crippen LogP contribution in [0.15, 0.2) is 35.1 Å². The molecule has 4 heteroatoms. The van der Waals surface area contributed by atoms with Gasteiger partial charge in [-0.1, -0.05) is 5.16 Å². The first-order chi connectivity index (χ1) is 6.77. The van der Waals surface area contributed by atoms with Crippen LogP contribution < -0.4 is 0 Å². The topological polar surface area (TPSA) is 59.2 Å². The van der Waals surface area contributed by atoms with E-state index in [-0.39, 0.29) is 0 Å². The molecule has 0 saturated heterocycles. The molecule has 0 fully saturated rings. The second-order valence-electron chi connectivity index (χ2n) is 3.03. The van der Waals surface area contributed by atoms with Crippen LogP contribution in [0, 0.1) is 0 Å². The fraction of sp³-hybridized carbons (Fsp3) is 0.200. The summed E-state index contributed by atoms with van der Waals surface area (Å²) in [5, 5.41) is 13.1. The Labute approximate surface area is 81.2 Å². The van der Waals surface area contributed by atoms with E-state index in [0.717, 1.165) is 5.56 Å². The Balaban J connectivity index is 2.34. The Hall–Kier alpha value is -1.68. The van der Waals surface area contributed by atoms with E-state index < -0.39 is 6.10 Å². The van der Waals surface area contributed by atoms with Crippen molar-refractivity contribution < 1.29 is 9.63 Å². The van der Waals surface area contributed by atoms with Crippen LogP contribution in [0.5, 0.6) is 0 Å². The maximum Gasteiger partial charge on any atom is 0.165 e. The van der Waals surface area contributed by atoms with Crippen LogP contribution in [-0.4, -0.2) is 15.2 Å². The fourth-order valence-corrected chi connectivity index (χ4v) is 1.14. The van der Waals surface area contributed by atoms with Crippen molar-refractivity contribution in [1.29, 1.82) is 0 Å². The van der Waals surface area contributed by atoms with Crippen LogP contribution in [-0.2, 0) is 0 Å². The number of hydrogen-bond acceptors (Lipinski definition) is 4. The van der Waals surface area contributed by atoms with Crippen LogP contribution in [0.3, 0.4) is 0 Å². The third-order valence-electron chi connectivity index (χ3n) is 1.90. The summed E-state index contributed by atoms with van der Waals surface area (Å²) in [6.07, 6.45) is 2.76. The molecule has 72 valence electrons. The van der Waals surface area contributed by atoms with Crippen LogP contribution in [0.2, 0.25) is 0 Å². The Bertz CT molecular complexity index is 409. The van der Waals surface area contributed by atoms with Crippen molar-refractivity contribution in [2.45, 2.75) is 13.0 Å². The number of pyridine rings is 1. The van der Waals surface area contributed by atoms with E-state index in [2.05, 4.69) is 10.1 Å². The van der Waals surface area contributed by atoms with Crippen molar-refractivity contribution in [1.82, 2.24) is 10.1 Å². The third-order valence-corrected chi connectivity index (χ3v) is 1.90. The van der Waals surface area contributed by atoms with Gasteiger partial charge in [0.05, 0.1) is 0 Å². The summed E-state index contributed by atoms with van der Waals surface area (Å²) in [7, 11) is 0. The minimum Gasteiger partial charge on any atom is -0.385 e. The molecule has 4 nitrogen and oxygen atoms in total. The smallest absolute Gasteiger partial charge is 0.165 e. The van der Waals surface area contributed by atoms with Gasteiger partial charge in [-0.15, -0.1) is 0 Å². The number of rotatable bonds is 2. The predicted molar refractivity (Wildman–Crippen MR) is 50.4 cm³/mol. The molecule has 0 aromatic carbocycles. The highest BCUT2D eigenvalue weighted by Gasteiger charge is 2.09. The number of aliphatic hydroxyl groups is 1. The standard InChI is InChI=1S/C10H10N2O2/c1-7(13)10-5-9(12-14-10)8-3-2-4-11-6-8/h2-7,13H,1H3. The second-order valence-corrected chi connectivity index (χ2v) is 3.03. The zero-order chi connectivity index (χ0) is 9.97. The van der Waals surface area contributed by atoms with Gasteiger partial charge in [-0.05, 0) is 19.1 Å². The fourth-order valence-electron chi connectivity index (χ4n) is 1.14. The highest BCUT2D eigenvalue weighted by atomic mass is 16.5. The zero-order valence-corrected chi connectivity index (χ0v) is 7.71. The first-order valence-corrected chi connectivity index (χ1v) is 4.32. The van der Waals surface area contributed by atoms with Crippen molar-refractivity contribution in [2.75, 3.05) is 0 Å². The second kappa shape index (κ2) is 3.59. The number of hydrogen-bond donors (Lipinski definition) is 1. The lowest BCUT2D eigenvalue weighted by molar-refractivity contribution is 0.158. The first-order valence-electron chi connectivity index (χ1n) is 4.32. The normalized spacial score (nSPS) is 12.7.